The number of aryl methyl sites for hydroxylation is 1. The van der Waals surface area contributed by atoms with E-state index in [0.717, 1.165) is 18.4 Å². The van der Waals surface area contributed by atoms with Crippen molar-refractivity contribution in [2.75, 3.05) is 5.32 Å². The molecule has 0 aromatic heterocycles. The van der Waals surface area contributed by atoms with E-state index < -0.39 is 0 Å². The summed E-state index contributed by atoms with van der Waals surface area (Å²) in [6, 6.07) is 13.4. The number of rotatable bonds is 2. The largest absolute Gasteiger partial charge is 0.508 e. The summed E-state index contributed by atoms with van der Waals surface area (Å²) in [5.41, 5.74) is 3.98. The Balaban J connectivity index is 1.71. The molecule has 0 atom stereocenters. The number of carbonyl (C=O) groups excluding carboxylic acids is 1. The number of hydrogen-bond acceptors (Lipinski definition) is 2. The summed E-state index contributed by atoms with van der Waals surface area (Å²) in [4.78, 5) is 12.3. The van der Waals surface area contributed by atoms with E-state index in [2.05, 4.69) is 17.4 Å². The molecule has 3 nitrogen and oxygen atoms in total. The quantitative estimate of drug-likeness (QED) is 0.878. The van der Waals surface area contributed by atoms with Crippen molar-refractivity contribution in [3.63, 3.8) is 0 Å². The Morgan fingerprint density at radius 3 is 2.40 bits per heavy atom. The van der Waals surface area contributed by atoms with Gasteiger partial charge in [0.05, 0.1) is 0 Å². The fourth-order valence-corrected chi connectivity index (χ4v) is 2.68. The number of fused-ring (bicyclic) bond motifs is 1. The van der Waals surface area contributed by atoms with Crippen molar-refractivity contribution in [2.24, 2.45) is 5.92 Å². The molecule has 2 aromatic carbocycles. The second kappa shape index (κ2) is 5.00. The number of benzene rings is 2. The maximum absolute atomic E-state index is 12.3. The van der Waals surface area contributed by atoms with Gasteiger partial charge in [0, 0.05) is 17.7 Å². The predicted octanol–water partition coefficient (Wildman–Crippen LogP) is 3.05. The van der Waals surface area contributed by atoms with Gasteiger partial charge in [-0.15, -0.1) is 0 Å². The topological polar surface area (TPSA) is 49.3 Å². The Hall–Kier alpha value is -2.29. The average Bonchev–Trinajstić information content (AvgIpc) is 2.87. The van der Waals surface area contributed by atoms with Gasteiger partial charge in [0.25, 0.3) is 0 Å². The van der Waals surface area contributed by atoms with Crippen molar-refractivity contribution in [1.82, 2.24) is 0 Å². The van der Waals surface area contributed by atoms with E-state index in [1.807, 2.05) is 25.1 Å². The molecule has 0 radical (unpaired) electrons. The lowest BCUT2D eigenvalue weighted by molar-refractivity contribution is -0.119. The first-order valence-electron chi connectivity index (χ1n) is 6.81. The minimum atomic E-state index is -0.0177. The van der Waals surface area contributed by atoms with E-state index in [4.69, 9.17) is 0 Å². The standard InChI is InChI=1S/C17H17NO2/c1-11-6-7-15(10-16(11)19)18-17(20)14-8-12-4-2-3-5-13(12)9-14/h2-7,10,14,19H,8-9H2,1H3,(H,18,20). The maximum Gasteiger partial charge on any atom is 0.228 e. The van der Waals surface area contributed by atoms with Crippen LogP contribution in [-0.2, 0) is 17.6 Å². The van der Waals surface area contributed by atoms with Crippen molar-refractivity contribution < 1.29 is 9.90 Å². The Labute approximate surface area is 118 Å². The number of anilines is 1. The molecular formula is C17H17NO2. The zero-order chi connectivity index (χ0) is 14.1. The Kier molecular flexibility index (Phi) is 3.18. The molecule has 1 amide bonds. The minimum Gasteiger partial charge on any atom is -0.508 e. The molecular weight excluding hydrogens is 250 g/mol. The van der Waals surface area contributed by atoms with Crippen LogP contribution in [0, 0.1) is 12.8 Å². The van der Waals surface area contributed by atoms with Crippen molar-refractivity contribution in [3.05, 3.63) is 59.2 Å². The number of carbonyl (C=O) groups is 1. The highest BCUT2D eigenvalue weighted by Crippen LogP contribution is 2.28. The van der Waals surface area contributed by atoms with E-state index >= 15 is 0 Å². The number of nitrogens with one attached hydrogen (secondary N) is 1. The minimum absolute atomic E-state index is 0.0177. The van der Waals surface area contributed by atoms with Crippen LogP contribution in [-0.4, -0.2) is 11.0 Å². The molecule has 102 valence electrons. The van der Waals surface area contributed by atoms with Crippen molar-refractivity contribution in [3.8, 4) is 5.75 Å². The fraction of sp³-hybridized carbons (Fsp3) is 0.235. The summed E-state index contributed by atoms with van der Waals surface area (Å²) < 4.78 is 0. The summed E-state index contributed by atoms with van der Waals surface area (Å²) in [6.07, 6.45) is 1.58. The van der Waals surface area contributed by atoms with Crippen LogP contribution in [0.2, 0.25) is 0 Å². The molecule has 0 aliphatic heterocycles. The first-order valence-corrected chi connectivity index (χ1v) is 6.81. The molecule has 0 saturated heterocycles. The predicted molar refractivity (Wildman–Crippen MR) is 78.8 cm³/mol. The van der Waals surface area contributed by atoms with E-state index in [-0.39, 0.29) is 17.6 Å². The summed E-state index contributed by atoms with van der Waals surface area (Å²) >= 11 is 0. The number of phenols is 1. The lowest BCUT2D eigenvalue weighted by Crippen LogP contribution is -2.23. The Morgan fingerprint density at radius 1 is 1.15 bits per heavy atom. The highest BCUT2D eigenvalue weighted by Gasteiger charge is 2.27. The van der Waals surface area contributed by atoms with Gasteiger partial charge in [0.2, 0.25) is 5.91 Å². The smallest absolute Gasteiger partial charge is 0.228 e. The number of aromatic hydroxyl groups is 1. The zero-order valence-electron chi connectivity index (χ0n) is 11.4. The van der Waals surface area contributed by atoms with Gasteiger partial charge < -0.3 is 10.4 Å². The van der Waals surface area contributed by atoms with Crippen LogP contribution in [0.1, 0.15) is 16.7 Å². The van der Waals surface area contributed by atoms with Crippen LogP contribution in [0.25, 0.3) is 0 Å². The van der Waals surface area contributed by atoms with Gasteiger partial charge in [-0.1, -0.05) is 30.3 Å². The SMILES string of the molecule is Cc1ccc(NC(=O)C2Cc3ccccc3C2)cc1O. The number of hydrogen-bond donors (Lipinski definition) is 2. The molecule has 20 heavy (non-hydrogen) atoms. The van der Waals surface area contributed by atoms with Gasteiger partial charge >= 0.3 is 0 Å². The van der Waals surface area contributed by atoms with Gasteiger partial charge in [-0.05, 0) is 42.5 Å². The summed E-state index contributed by atoms with van der Waals surface area (Å²) in [7, 11) is 0. The second-order valence-corrected chi connectivity index (χ2v) is 5.36. The molecule has 3 rings (SSSR count). The Bertz CT molecular complexity index is 639. The van der Waals surface area contributed by atoms with Crippen LogP contribution in [0.3, 0.4) is 0 Å². The average molecular weight is 267 g/mol. The van der Waals surface area contributed by atoms with Gasteiger partial charge in [-0.3, -0.25) is 4.79 Å². The van der Waals surface area contributed by atoms with E-state index in [1.165, 1.54) is 11.1 Å². The van der Waals surface area contributed by atoms with Crippen LogP contribution in [0.4, 0.5) is 5.69 Å². The van der Waals surface area contributed by atoms with Gasteiger partial charge in [0.1, 0.15) is 5.75 Å². The third-order valence-corrected chi connectivity index (χ3v) is 3.90. The van der Waals surface area contributed by atoms with Crippen molar-refractivity contribution in [1.29, 1.82) is 0 Å². The summed E-state index contributed by atoms with van der Waals surface area (Å²) in [5, 5.41) is 12.6. The van der Waals surface area contributed by atoms with Crippen LogP contribution in [0.5, 0.6) is 5.75 Å². The molecule has 0 spiro atoms. The van der Waals surface area contributed by atoms with Gasteiger partial charge in [0.15, 0.2) is 0 Å². The molecule has 0 unspecified atom stereocenters. The van der Waals surface area contributed by atoms with Gasteiger partial charge in [-0.2, -0.15) is 0 Å². The highest BCUT2D eigenvalue weighted by molar-refractivity contribution is 5.93. The van der Waals surface area contributed by atoms with E-state index in [9.17, 15) is 9.90 Å². The maximum atomic E-state index is 12.3. The summed E-state index contributed by atoms with van der Waals surface area (Å²) in [6.45, 7) is 1.83. The van der Waals surface area contributed by atoms with Crippen molar-refractivity contribution in [2.45, 2.75) is 19.8 Å². The molecule has 0 fully saturated rings. The van der Waals surface area contributed by atoms with Gasteiger partial charge in [-0.25, -0.2) is 0 Å². The second-order valence-electron chi connectivity index (χ2n) is 5.36. The van der Waals surface area contributed by atoms with E-state index in [0.29, 0.717) is 5.69 Å². The molecule has 0 saturated carbocycles. The molecule has 3 heteroatoms. The lowest BCUT2D eigenvalue weighted by Gasteiger charge is -2.11. The lowest BCUT2D eigenvalue weighted by atomic mass is 10.1. The highest BCUT2D eigenvalue weighted by atomic mass is 16.3. The molecule has 2 N–H and O–H groups in total. The molecule has 0 heterocycles. The van der Waals surface area contributed by atoms with Crippen LogP contribution < -0.4 is 5.32 Å². The molecule has 1 aliphatic carbocycles. The third-order valence-electron chi connectivity index (χ3n) is 3.90. The molecule has 0 bridgehead atoms. The number of phenolic OH excluding ortho intramolecular Hbond substituents is 1. The van der Waals surface area contributed by atoms with Crippen LogP contribution in [0.15, 0.2) is 42.5 Å². The Morgan fingerprint density at radius 2 is 1.80 bits per heavy atom. The number of amides is 1. The van der Waals surface area contributed by atoms with Crippen LogP contribution >= 0.6 is 0 Å². The normalized spacial score (nSPS) is 14.1. The zero-order valence-corrected chi connectivity index (χ0v) is 11.4. The molecule has 2 aromatic rings. The van der Waals surface area contributed by atoms with Crippen molar-refractivity contribution >= 4 is 11.6 Å². The summed E-state index contributed by atoms with van der Waals surface area (Å²) in [5.74, 6) is 0.206. The monoisotopic (exact) mass is 267 g/mol. The fourth-order valence-electron chi connectivity index (χ4n) is 2.68. The third kappa shape index (κ3) is 2.39. The van der Waals surface area contributed by atoms with E-state index in [1.54, 1.807) is 12.1 Å². The molecule has 1 aliphatic rings. The first-order chi connectivity index (χ1) is 9.63. The first kappa shape index (κ1) is 12.7.